The molecule has 0 radical (unpaired) electrons. The average molecular weight is 736 g/mol. The minimum absolute atomic E-state index is 0.0456. The Morgan fingerprint density at radius 1 is 0.608 bits per heavy atom. The molecule has 0 aliphatic rings. The Morgan fingerprint density at radius 2 is 1.08 bits per heavy atom. The largest absolute Gasteiger partial charge is 0.472 e. The summed E-state index contributed by atoms with van der Waals surface area (Å²) in [6.07, 6.45) is 43.8. The lowest BCUT2D eigenvalue weighted by atomic mass is 10.1. The van der Waals surface area contributed by atoms with Crippen LogP contribution in [0.4, 0.5) is 0 Å². The van der Waals surface area contributed by atoms with Gasteiger partial charge in [0.2, 0.25) is 0 Å². The topological polar surface area (TPSA) is 134 Å². The lowest BCUT2D eigenvalue weighted by Crippen LogP contribution is -2.29. The number of ether oxygens (including phenoxy) is 2. The second-order valence-corrected chi connectivity index (χ2v) is 13.9. The fourth-order valence-electron chi connectivity index (χ4n) is 4.75. The molecular formula is C41H70NO8P. The highest BCUT2D eigenvalue weighted by Crippen LogP contribution is 2.43. The minimum atomic E-state index is -4.38. The van der Waals surface area contributed by atoms with Crippen molar-refractivity contribution in [2.24, 2.45) is 5.73 Å². The minimum Gasteiger partial charge on any atom is -0.462 e. The second-order valence-electron chi connectivity index (χ2n) is 12.4. The number of carbonyl (C=O) groups is 2. The zero-order chi connectivity index (χ0) is 37.5. The molecule has 0 bridgehead atoms. The first kappa shape index (κ1) is 48.5. The third-order valence-electron chi connectivity index (χ3n) is 7.61. The van der Waals surface area contributed by atoms with E-state index in [4.69, 9.17) is 24.3 Å². The molecule has 0 aromatic rings. The molecule has 0 rings (SSSR count). The van der Waals surface area contributed by atoms with E-state index in [9.17, 15) is 19.0 Å². The van der Waals surface area contributed by atoms with Gasteiger partial charge in [-0.15, -0.1) is 0 Å². The third kappa shape index (κ3) is 37.0. The van der Waals surface area contributed by atoms with E-state index in [1.54, 1.807) is 0 Å². The maximum atomic E-state index is 12.5. The summed E-state index contributed by atoms with van der Waals surface area (Å²) in [6, 6.07) is 0. The van der Waals surface area contributed by atoms with Crippen LogP contribution in [-0.4, -0.2) is 49.3 Å². The van der Waals surface area contributed by atoms with E-state index in [0.29, 0.717) is 6.42 Å². The summed E-state index contributed by atoms with van der Waals surface area (Å²) in [5.74, 6) is -0.873. The zero-order valence-corrected chi connectivity index (χ0v) is 32.7. The van der Waals surface area contributed by atoms with Crippen LogP contribution in [0.1, 0.15) is 142 Å². The number of hydrogen-bond acceptors (Lipinski definition) is 8. The normalized spacial score (nSPS) is 14.2. The standard InChI is InChI=1S/C41H70NO8P/c1-3-5-7-9-11-12-13-14-15-16-17-18-19-20-21-22-23-24-25-26-28-30-32-34-41(44)50-39(38-49-51(45,46)48-36-35-42)37-47-40(43)33-31-29-27-10-8-6-4-2/h5,7,11-12,14-15,17-18,20-21,23-24,39H,3-4,6,8-10,13,16,19,22,25-38,42H2,1-2H3,(H,45,46)/b7-5-,12-11-,15-14-,18-17-,21-20-,24-23-. The Labute approximate surface area is 310 Å². The molecular weight excluding hydrogens is 665 g/mol. The van der Waals surface area contributed by atoms with Crippen LogP contribution < -0.4 is 5.73 Å². The van der Waals surface area contributed by atoms with Crippen LogP contribution in [0.5, 0.6) is 0 Å². The maximum absolute atomic E-state index is 12.5. The van der Waals surface area contributed by atoms with Gasteiger partial charge in [0.15, 0.2) is 6.10 Å². The van der Waals surface area contributed by atoms with E-state index in [-0.39, 0.29) is 32.6 Å². The summed E-state index contributed by atoms with van der Waals surface area (Å²) in [6.45, 7) is 3.50. The predicted octanol–water partition coefficient (Wildman–Crippen LogP) is 10.7. The number of rotatable bonds is 35. The van der Waals surface area contributed by atoms with Crippen LogP contribution in [0.2, 0.25) is 0 Å². The average Bonchev–Trinajstić information content (AvgIpc) is 3.11. The Balaban J connectivity index is 4.19. The molecule has 51 heavy (non-hydrogen) atoms. The van der Waals surface area contributed by atoms with Crippen molar-refractivity contribution in [1.29, 1.82) is 0 Å². The van der Waals surface area contributed by atoms with Crippen molar-refractivity contribution in [2.45, 2.75) is 148 Å². The fraction of sp³-hybridized carbons (Fsp3) is 0.659. The Kier molecular flexibility index (Phi) is 35.4. The van der Waals surface area contributed by atoms with Gasteiger partial charge in [0.25, 0.3) is 0 Å². The number of nitrogens with two attached hydrogens (primary N) is 1. The van der Waals surface area contributed by atoms with Gasteiger partial charge in [0, 0.05) is 19.4 Å². The van der Waals surface area contributed by atoms with Crippen molar-refractivity contribution >= 4 is 19.8 Å². The first-order valence-corrected chi connectivity index (χ1v) is 20.9. The van der Waals surface area contributed by atoms with Gasteiger partial charge < -0.3 is 20.1 Å². The number of esters is 2. The number of allylic oxidation sites excluding steroid dienone is 12. The summed E-state index contributed by atoms with van der Waals surface area (Å²) in [5.41, 5.74) is 5.32. The highest BCUT2D eigenvalue weighted by atomic mass is 31.2. The summed E-state index contributed by atoms with van der Waals surface area (Å²) in [4.78, 5) is 34.6. The molecule has 0 aromatic heterocycles. The first-order valence-electron chi connectivity index (χ1n) is 19.4. The predicted molar refractivity (Wildman–Crippen MR) is 210 cm³/mol. The molecule has 0 saturated heterocycles. The number of hydrogen-bond donors (Lipinski definition) is 2. The highest BCUT2D eigenvalue weighted by molar-refractivity contribution is 7.47. The van der Waals surface area contributed by atoms with Crippen LogP contribution >= 0.6 is 7.82 Å². The van der Waals surface area contributed by atoms with Crippen LogP contribution in [0, 0.1) is 0 Å². The second kappa shape index (κ2) is 37.2. The fourth-order valence-corrected chi connectivity index (χ4v) is 5.52. The van der Waals surface area contributed by atoms with Crippen molar-refractivity contribution in [1.82, 2.24) is 0 Å². The van der Waals surface area contributed by atoms with E-state index in [1.807, 2.05) is 0 Å². The number of phosphoric acid groups is 1. The van der Waals surface area contributed by atoms with Crippen LogP contribution in [0.15, 0.2) is 72.9 Å². The summed E-state index contributed by atoms with van der Waals surface area (Å²) in [5, 5.41) is 0. The van der Waals surface area contributed by atoms with Gasteiger partial charge in [-0.1, -0.05) is 138 Å². The van der Waals surface area contributed by atoms with Gasteiger partial charge in [-0.05, 0) is 64.2 Å². The molecule has 10 heteroatoms. The molecule has 292 valence electrons. The Morgan fingerprint density at radius 3 is 1.61 bits per heavy atom. The smallest absolute Gasteiger partial charge is 0.462 e. The highest BCUT2D eigenvalue weighted by Gasteiger charge is 2.25. The van der Waals surface area contributed by atoms with Crippen molar-refractivity contribution in [3.05, 3.63) is 72.9 Å². The molecule has 0 aliphatic carbocycles. The summed E-state index contributed by atoms with van der Waals surface area (Å²) < 4.78 is 32.5. The summed E-state index contributed by atoms with van der Waals surface area (Å²) in [7, 11) is -4.38. The molecule has 0 amide bonds. The third-order valence-corrected chi connectivity index (χ3v) is 8.59. The number of carbonyl (C=O) groups excluding carboxylic acids is 2. The molecule has 0 aromatic carbocycles. The molecule has 0 fully saturated rings. The zero-order valence-electron chi connectivity index (χ0n) is 31.8. The molecule has 0 spiro atoms. The number of phosphoric ester groups is 1. The van der Waals surface area contributed by atoms with Gasteiger partial charge in [-0.3, -0.25) is 18.6 Å². The molecule has 9 nitrogen and oxygen atoms in total. The number of unbranched alkanes of at least 4 members (excludes halogenated alkanes) is 10. The van der Waals surface area contributed by atoms with Gasteiger partial charge in [0.1, 0.15) is 6.61 Å². The lowest BCUT2D eigenvalue weighted by molar-refractivity contribution is -0.161. The Hall–Kier alpha value is -2.55. The maximum Gasteiger partial charge on any atom is 0.472 e. The SMILES string of the molecule is CC/C=C\C/C=C\C/C=C\C/C=C\C/C=C\C/C=C\CCCCCCC(=O)OC(COC(=O)CCCCCCCCC)COP(=O)(O)OCCN. The monoisotopic (exact) mass is 735 g/mol. The molecule has 0 heterocycles. The van der Waals surface area contributed by atoms with E-state index in [0.717, 1.165) is 89.9 Å². The van der Waals surface area contributed by atoms with Crippen molar-refractivity contribution in [2.75, 3.05) is 26.4 Å². The van der Waals surface area contributed by atoms with E-state index in [1.165, 1.54) is 19.3 Å². The molecule has 0 saturated carbocycles. The first-order chi connectivity index (χ1) is 24.8. The van der Waals surface area contributed by atoms with Gasteiger partial charge >= 0.3 is 19.8 Å². The van der Waals surface area contributed by atoms with Crippen molar-refractivity contribution < 1.29 is 37.6 Å². The molecule has 2 unspecified atom stereocenters. The molecule has 3 N–H and O–H groups in total. The van der Waals surface area contributed by atoms with E-state index >= 15 is 0 Å². The van der Waals surface area contributed by atoms with E-state index in [2.05, 4.69) is 86.8 Å². The van der Waals surface area contributed by atoms with Crippen LogP contribution in [0.3, 0.4) is 0 Å². The summed E-state index contributed by atoms with van der Waals surface area (Å²) >= 11 is 0. The Bertz CT molecular complexity index is 1070. The van der Waals surface area contributed by atoms with Gasteiger partial charge in [-0.25, -0.2) is 4.57 Å². The lowest BCUT2D eigenvalue weighted by Gasteiger charge is -2.19. The quantitative estimate of drug-likeness (QED) is 0.0282. The van der Waals surface area contributed by atoms with Gasteiger partial charge in [0.05, 0.1) is 13.2 Å². The molecule has 2 atom stereocenters. The van der Waals surface area contributed by atoms with E-state index < -0.39 is 32.5 Å². The van der Waals surface area contributed by atoms with Crippen LogP contribution in [0.25, 0.3) is 0 Å². The van der Waals surface area contributed by atoms with Crippen molar-refractivity contribution in [3.8, 4) is 0 Å². The van der Waals surface area contributed by atoms with Gasteiger partial charge in [-0.2, -0.15) is 0 Å². The van der Waals surface area contributed by atoms with Crippen molar-refractivity contribution in [3.63, 3.8) is 0 Å². The van der Waals surface area contributed by atoms with Crippen LogP contribution in [-0.2, 0) is 32.7 Å². The molecule has 0 aliphatic heterocycles.